The number of carboxylic acid groups (broad SMARTS) is 1. The summed E-state index contributed by atoms with van der Waals surface area (Å²) < 4.78 is 1.05. The lowest BCUT2D eigenvalue weighted by atomic mass is 10.2. The van der Waals surface area contributed by atoms with Crippen molar-refractivity contribution in [3.8, 4) is 0 Å². The molecule has 1 N–H and O–H groups in total. The summed E-state index contributed by atoms with van der Waals surface area (Å²) >= 11 is 5.05. The van der Waals surface area contributed by atoms with Gasteiger partial charge in [-0.25, -0.2) is 9.78 Å². The first-order chi connectivity index (χ1) is 8.65. The van der Waals surface area contributed by atoms with Crippen molar-refractivity contribution in [2.45, 2.75) is 10.6 Å². The van der Waals surface area contributed by atoms with Gasteiger partial charge >= 0.3 is 5.97 Å². The lowest BCUT2D eigenvalue weighted by Crippen LogP contribution is -2.00. The van der Waals surface area contributed by atoms with E-state index in [9.17, 15) is 4.79 Å². The van der Waals surface area contributed by atoms with Crippen LogP contribution in [0.25, 0.3) is 0 Å². The Morgan fingerprint density at radius 1 is 1.28 bits per heavy atom. The van der Waals surface area contributed by atoms with E-state index in [1.54, 1.807) is 17.8 Å². The van der Waals surface area contributed by atoms with Crippen molar-refractivity contribution in [3.63, 3.8) is 0 Å². The minimum Gasteiger partial charge on any atom is -0.477 e. The van der Waals surface area contributed by atoms with E-state index in [4.69, 9.17) is 5.11 Å². The quantitative estimate of drug-likeness (QED) is 0.868. The first kappa shape index (κ1) is 13.1. The number of pyridine rings is 1. The lowest BCUT2D eigenvalue weighted by molar-refractivity contribution is 0.0690. The van der Waals surface area contributed by atoms with Crippen LogP contribution in [0.3, 0.4) is 0 Å². The molecule has 1 heterocycles. The van der Waals surface area contributed by atoms with E-state index in [0.29, 0.717) is 0 Å². The number of aromatic nitrogens is 1. The Bertz CT molecular complexity index is 557. The van der Waals surface area contributed by atoms with E-state index in [2.05, 4.69) is 20.9 Å². The molecule has 5 heteroatoms. The highest BCUT2D eigenvalue weighted by Crippen LogP contribution is 2.24. The Balaban J connectivity index is 2.04. The van der Waals surface area contributed by atoms with Crippen molar-refractivity contribution < 1.29 is 9.90 Å². The van der Waals surface area contributed by atoms with Gasteiger partial charge in [0.05, 0.1) is 0 Å². The molecule has 0 saturated heterocycles. The number of carboxylic acids is 1. The number of hydrogen-bond donors (Lipinski definition) is 1. The molecular weight excluding hydrogens is 314 g/mol. The van der Waals surface area contributed by atoms with Crippen molar-refractivity contribution in [1.82, 2.24) is 4.98 Å². The number of aromatic carboxylic acids is 1. The molecule has 2 aromatic rings. The molecule has 1 aromatic carbocycles. The molecule has 0 bridgehead atoms. The molecule has 0 aliphatic rings. The van der Waals surface area contributed by atoms with Gasteiger partial charge in [0.2, 0.25) is 0 Å². The Hall–Kier alpha value is -1.33. The van der Waals surface area contributed by atoms with Crippen molar-refractivity contribution in [1.29, 1.82) is 0 Å². The van der Waals surface area contributed by atoms with E-state index in [1.807, 2.05) is 30.3 Å². The summed E-state index contributed by atoms with van der Waals surface area (Å²) in [5.41, 5.74) is 1.04. The molecule has 0 spiro atoms. The van der Waals surface area contributed by atoms with Crippen LogP contribution in [0.5, 0.6) is 0 Å². The molecule has 0 aliphatic heterocycles. The summed E-state index contributed by atoms with van der Waals surface area (Å²) in [7, 11) is 0. The number of halogens is 1. The maximum Gasteiger partial charge on any atom is 0.354 e. The Morgan fingerprint density at radius 2 is 2.00 bits per heavy atom. The van der Waals surface area contributed by atoms with Gasteiger partial charge in [-0.15, -0.1) is 11.8 Å². The SMILES string of the molecule is O=C(O)c1cc(CSc2ccc(Br)cc2)ccn1. The Morgan fingerprint density at radius 3 is 2.67 bits per heavy atom. The summed E-state index contributed by atoms with van der Waals surface area (Å²) in [6.45, 7) is 0. The molecule has 18 heavy (non-hydrogen) atoms. The van der Waals surface area contributed by atoms with E-state index >= 15 is 0 Å². The average Bonchev–Trinajstić information content (AvgIpc) is 2.38. The normalized spacial score (nSPS) is 10.3. The molecule has 2 rings (SSSR count). The number of hydrogen-bond acceptors (Lipinski definition) is 3. The zero-order valence-electron chi connectivity index (χ0n) is 9.34. The van der Waals surface area contributed by atoms with Crippen LogP contribution in [0, 0.1) is 0 Å². The molecule has 0 amide bonds. The smallest absolute Gasteiger partial charge is 0.354 e. The fraction of sp³-hybridized carbons (Fsp3) is 0.0769. The van der Waals surface area contributed by atoms with Crippen LogP contribution >= 0.6 is 27.7 Å². The van der Waals surface area contributed by atoms with Gasteiger partial charge in [-0.1, -0.05) is 15.9 Å². The first-order valence-electron chi connectivity index (χ1n) is 5.22. The number of rotatable bonds is 4. The van der Waals surface area contributed by atoms with E-state index in [1.165, 1.54) is 6.20 Å². The molecule has 3 nitrogen and oxygen atoms in total. The minimum atomic E-state index is -0.995. The fourth-order valence-electron chi connectivity index (χ4n) is 1.38. The van der Waals surface area contributed by atoms with E-state index < -0.39 is 5.97 Å². The Kier molecular flexibility index (Phi) is 4.38. The van der Waals surface area contributed by atoms with Gasteiger partial charge in [-0.05, 0) is 42.0 Å². The van der Waals surface area contributed by atoms with Gasteiger partial charge < -0.3 is 5.11 Å². The van der Waals surface area contributed by atoms with Crippen LogP contribution in [0.15, 0.2) is 52.0 Å². The zero-order valence-corrected chi connectivity index (χ0v) is 11.7. The molecule has 0 aliphatic carbocycles. The van der Waals surface area contributed by atoms with Gasteiger partial charge in [0, 0.05) is 21.3 Å². The maximum atomic E-state index is 10.8. The molecule has 92 valence electrons. The highest BCUT2D eigenvalue weighted by atomic mass is 79.9. The van der Waals surface area contributed by atoms with E-state index in [0.717, 1.165) is 20.7 Å². The molecule has 0 saturated carbocycles. The van der Waals surface area contributed by atoms with Gasteiger partial charge in [0.15, 0.2) is 0 Å². The van der Waals surface area contributed by atoms with Crippen molar-refractivity contribution >= 4 is 33.7 Å². The monoisotopic (exact) mass is 323 g/mol. The van der Waals surface area contributed by atoms with Gasteiger partial charge in [0.25, 0.3) is 0 Å². The third-order valence-corrected chi connectivity index (χ3v) is 3.87. The zero-order chi connectivity index (χ0) is 13.0. The Labute approximate surface area is 117 Å². The minimum absolute atomic E-state index is 0.0870. The molecule has 0 unspecified atom stereocenters. The van der Waals surface area contributed by atoms with Crippen molar-refractivity contribution in [2.24, 2.45) is 0 Å². The third kappa shape index (κ3) is 3.58. The van der Waals surface area contributed by atoms with Crippen molar-refractivity contribution in [2.75, 3.05) is 0 Å². The van der Waals surface area contributed by atoms with Crippen LogP contribution in [-0.2, 0) is 5.75 Å². The highest BCUT2D eigenvalue weighted by Gasteiger charge is 2.05. The summed E-state index contributed by atoms with van der Waals surface area (Å²) in [4.78, 5) is 15.7. The number of nitrogens with zero attached hydrogens (tertiary/aromatic N) is 1. The molecular formula is C13H10BrNO2S. The number of carbonyl (C=O) groups is 1. The van der Waals surface area contributed by atoms with Crippen LogP contribution < -0.4 is 0 Å². The van der Waals surface area contributed by atoms with Crippen LogP contribution in [0.1, 0.15) is 16.1 Å². The van der Waals surface area contributed by atoms with Gasteiger partial charge in [-0.3, -0.25) is 0 Å². The summed E-state index contributed by atoms with van der Waals surface area (Å²) in [6, 6.07) is 11.4. The molecule has 1 aromatic heterocycles. The molecule has 0 radical (unpaired) electrons. The second kappa shape index (κ2) is 6.02. The van der Waals surface area contributed by atoms with Crippen LogP contribution in [0.2, 0.25) is 0 Å². The highest BCUT2D eigenvalue weighted by molar-refractivity contribution is 9.10. The summed E-state index contributed by atoms with van der Waals surface area (Å²) in [6.07, 6.45) is 1.53. The summed E-state index contributed by atoms with van der Waals surface area (Å²) in [5.74, 6) is -0.268. The van der Waals surface area contributed by atoms with Crippen LogP contribution in [-0.4, -0.2) is 16.1 Å². The lowest BCUT2D eigenvalue weighted by Gasteiger charge is -2.03. The predicted octanol–water partition coefficient (Wildman–Crippen LogP) is 3.83. The second-order valence-corrected chi connectivity index (χ2v) is 5.56. The summed E-state index contributed by atoms with van der Waals surface area (Å²) in [5, 5.41) is 8.85. The second-order valence-electron chi connectivity index (χ2n) is 3.60. The van der Waals surface area contributed by atoms with Gasteiger partial charge in [-0.2, -0.15) is 0 Å². The molecule has 0 fully saturated rings. The fourth-order valence-corrected chi connectivity index (χ4v) is 2.48. The standard InChI is InChI=1S/C13H10BrNO2S/c14-10-1-3-11(4-2-10)18-8-9-5-6-15-12(7-9)13(16)17/h1-7H,8H2,(H,16,17). The van der Waals surface area contributed by atoms with E-state index in [-0.39, 0.29) is 5.69 Å². The topological polar surface area (TPSA) is 50.2 Å². The third-order valence-electron chi connectivity index (χ3n) is 2.26. The number of thioether (sulfide) groups is 1. The molecule has 0 atom stereocenters. The van der Waals surface area contributed by atoms with Gasteiger partial charge in [0.1, 0.15) is 5.69 Å². The van der Waals surface area contributed by atoms with Crippen molar-refractivity contribution in [3.05, 3.63) is 58.3 Å². The predicted molar refractivity (Wildman–Crippen MR) is 74.9 cm³/mol. The largest absolute Gasteiger partial charge is 0.477 e. The maximum absolute atomic E-state index is 10.8. The first-order valence-corrected chi connectivity index (χ1v) is 6.99. The number of benzene rings is 1. The van der Waals surface area contributed by atoms with Crippen LogP contribution in [0.4, 0.5) is 0 Å². The average molecular weight is 324 g/mol.